The molecule has 0 aliphatic rings. The highest BCUT2D eigenvalue weighted by atomic mass is 16.5. The van der Waals surface area contributed by atoms with Crippen molar-refractivity contribution in [3.05, 3.63) is 12.1 Å². The molecule has 1 aromatic rings. The molecule has 0 fully saturated rings. The SMILES string of the molecule is CCCOc1cc(B(O)O)c(OCCC)cc1B(O)O. The molecule has 1 aromatic carbocycles. The molecular weight excluding hydrogens is 262 g/mol. The van der Waals surface area contributed by atoms with Crippen molar-refractivity contribution in [2.45, 2.75) is 26.7 Å². The first-order valence-corrected chi connectivity index (χ1v) is 6.66. The summed E-state index contributed by atoms with van der Waals surface area (Å²) in [7, 11) is -3.45. The molecule has 6 nitrogen and oxygen atoms in total. The second kappa shape index (κ2) is 8.16. The van der Waals surface area contributed by atoms with Gasteiger partial charge in [0.25, 0.3) is 0 Å². The fraction of sp³-hybridized carbons (Fsp3) is 0.500. The molecule has 0 aromatic heterocycles. The minimum Gasteiger partial charge on any atom is -0.494 e. The Hall–Kier alpha value is -1.21. The fourth-order valence-corrected chi connectivity index (χ4v) is 1.67. The predicted octanol–water partition coefficient (Wildman–Crippen LogP) is -1.38. The Morgan fingerprint density at radius 2 is 1.15 bits per heavy atom. The summed E-state index contributed by atoms with van der Waals surface area (Å²) in [6, 6.07) is 2.72. The van der Waals surface area contributed by atoms with Gasteiger partial charge in [0.2, 0.25) is 0 Å². The third kappa shape index (κ3) is 4.42. The van der Waals surface area contributed by atoms with Gasteiger partial charge in [-0.3, -0.25) is 0 Å². The number of benzene rings is 1. The highest BCUT2D eigenvalue weighted by Crippen LogP contribution is 2.15. The summed E-state index contributed by atoms with van der Waals surface area (Å²) in [6.07, 6.45) is 1.48. The molecule has 0 amide bonds. The fourth-order valence-electron chi connectivity index (χ4n) is 1.67. The normalized spacial score (nSPS) is 10.3. The molecule has 0 aliphatic carbocycles. The van der Waals surface area contributed by atoms with E-state index in [1.165, 1.54) is 12.1 Å². The Balaban J connectivity index is 3.19. The summed E-state index contributed by atoms with van der Waals surface area (Å²) in [5, 5.41) is 37.5. The van der Waals surface area contributed by atoms with Crippen LogP contribution in [0, 0.1) is 0 Å². The molecule has 20 heavy (non-hydrogen) atoms. The summed E-state index contributed by atoms with van der Waals surface area (Å²) in [6.45, 7) is 4.59. The Morgan fingerprint density at radius 1 is 0.800 bits per heavy atom. The zero-order valence-corrected chi connectivity index (χ0v) is 11.7. The zero-order valence-electron chi connectivity index (χ0n) is 11.7. The van der Waals surface area contributed by atoms with Crippen molar-refractivity contribution in [2.24, 2.45) is 0 Å². The number of hydrogen-bond donors (Lipinski definition) is 4. The summed E-state index contributed by atoms with van der Waals surface area (Å²) >= 11 is 0. The molecular formula is C12H20B2O6. The second-order valence-electron chi connectivity index (χ2n) is 4.37. The minimum atomic E-state index is -1.73. The van der Waals surface area contributed by atoms with E-state index in [4.69, 9.17) is 9.47 Å². The molecule has 1 rings (SSSR count). The van der Waals surface area contributed by atoms with Crippen LogP contribution in [-0.2, 0) is 0 Å². The lowest BCUT2D eigenvalue weighted by Crippen LogP contribution is -2.38. The van der Waals surface area contributed by atoms with Gasteiger partial charge < -0.3 is 29.6 Å². The van der Waals surface area contributed by atoms with Gasteiger partial charge in [0.15, 0.2) is 0 Å². The summed E-state index contributed by atoms with van der Waals surface area (Å²) in [5.74, 6) is 0.405. The van der Waals surface area contributed by atoms with Gasteiger partial charge in [-0.25, -0.2) is 0 Å². The maximum absolute atomic E-state index is 9.38. The zero-order chi connectivity index (χ0) is 15.1. The number of ether oxygens (including phenoxy) is 2. The topological polar surface area (TPSA) is 99.4 Å². The molecule has 0 radical (unpaired) electrons. The van der Waals surface area contributed by atoms with Crippen LogP contribution in [0.3, 0.4) is 0 Å². The van der Waals surface area contributed by atoms with Crippen molar-refractivity contribution < 1.29 is 29.6 Å². The first kappa shape index (κ1) is 16.8. The molecule has 0 saturated heterocycles. The second-order valence-corrected chi connectivity index (χ2v) is 4.37. The van der Waals surface area contributed by atoms with E-state index in [1.54, 1.807) is 0 Å². The van der Waals surface area contributed by atoms with Crippen LogP contribution in [0.2, 0.25) is 0 Å². The summed E-state index contributed by atoms with van der Waals surface area (Å²) in [4.78, 5) is 0. The van der Waals surface area contributed by atoms with Gasteiger partial charge in [0, 0.05) is 10.9 Å². The molecule has 0 saturated carbocycles. The maximum Gasteiger partial charge on any atom is 0.492 e. The molecule has 4 N–H and O–H groups in total. The van der Waals surface area contributed by atoms with Gasteiger partial charge in [-0.2, -0.15) is 0 Å². The lowest BCUT2D eigenvalue weighted by atomic mass is 9.73. The third-order valence-corrected chi connectivity index (χ3v) is 2.62. The van der Waals surface area contributed by atoms with Gasteiger partial charge in [0.05, 0.1) is 13.2 Å². The van der Waals surface area contributed by atoms with E-state index < -0.39 is 14.2 Å². The molecule has 0 heterocycles. The quantitative estimate of drug-likeness (QED) is 0.439. The Kier molecular flexibility index (Phi) is 6.87. The van der Waals surface area contributed by atoms with Crippen molar-refractivity contribution >= 4 is 25.2 Å². The molecule has 0 atom stereocenters. The van der Waals surface area contributed by atoms with Crippen LogP contribution >= 0.6 is 0 Å². The number of rotatable bonds is 8. The van der Waals surface area contributed by atoms with Crippen LogP contribution in [0.5, 0.6) is 11.5 Å². The van der Waals surface area contributed by atoms with Gasteiger partial charge in [0.1, 0.15) is 11.5 Å². The van der Waals surface area contributed by atoms with Gasteiger partial charge in [-0.1, -0.05) is 13.8 Å². The summed E-state index contributed by atoms with van der Waals surface area (Å²) < 4.78 is 10.8. The standard InChI is InChI=1S/C12H20B2O6/c1-3-5-19-11-7-10(14(17)18)12(20-6-4-2)8-9(11)13(15)16/h7-8,15-18H,3-6H2,1-2H3. The molecule has 8 heteroatoms. The van der Waals surface area contributed by atoms with Crippen LogP contribution in [-0.4, -0.2) is 47.5 Å². The first-order valence-electron chi connectivity index (χ1n) is 6.66. The lowest BCUT2D eigenvalue weighted by Gasteiger charge is -2.17. The molecule has 0 aliphatic heterocycles. The Bertz CT molecular complexity index is 385. The van der Waals surface area contributed by atoms with E-state index in [2.05, 4.69) is 0 Å². The van der Waals surface area contributed by atoms with Gasteiger partial charge in [-0.15, -0.1) is 0 Å². The number of hydrogen-bond acceptors (Lipinski definition) is 6. The van der Waals surface area contributed by atoms with Crippen LogP contribution in [0.15, 0.2) is 12.1 Å². The molecule has 0 bridgehead atoms. The first-order chi connectivity index (χ1) is 9.51. The van der Waals surface area contributed by atoms with Crippen LogP contribution in [0.4, 0.5) is 0 Å². The van der Waals surface area contributed by atoms with E-state index in [-0.39, 0.29) is 22.4 Å². The highest BCUT2D eigenvalue weighted by Gasteiger charge is 2.25. The Morgan fingerprint density at radius 3 is 1.40 bits per heavy atom. The lowest BCUT2D eigenvalue weighted by molar-refractivity contribution is 0.309. The Labute approximate surface area is 119 Å². The molecule has 110 valence electrons. The minimum absolute atomic E-state index is 0.133. The largest absolute Gasteiger partial charge is 0.494 e. The smallest absolute Gasteiger partial charge is 0.492 e. The maximum atomic E-state index is 9.38. The average Bonchev–Trinajstić information content (AvgIpc) is 2.42. The van der Waals surface area contributed by atoms with E-state index in [0.29, 0.717) is 13.2 Å². The van der Waals surface area contributed by atoms with Gasteiger partial charge in [-0.05, 0) is 25.0 Å². The van der Waals surface area contributed by atoms with E-state index >= 15 is 0 Å². The van der Waals surface area contributed by atoms with Crippen molar-refractivity contribution in [1.29, 1.82) is 0 Å². The van der Waals surface area contributed by atoms with Crippen molar-refractivity contribution in [3.8, 4) is 11.5 Å². The van der Waals surface area contributed by atoms with E-state index in [0.717, 1.165) is 12.8 Å². The van der Waals surface area contributed by atoms with Crippen LogP contribution in [0.1, 0.15) is 26.7 Å². The monoisotopic (exact) mass is 282 g/mol. The van der Waals surface area contributed by atoms with Gasteiger partial charge >= 0.3 is 14.2 Å². The third-order valence-electron chi connectivity index (χ3n) is 2.62. The van der Waals surface area contributed by atoms with Crippen molar-refractivity contribution in [2.75, 3.05) is 13.2 Å². The molecule has 0 unspecified atom stereocenters. The average molecular weight is 282 g/mol. The van der Waals surface area contributed by atoms with Crippen molar-refractivity contribution in [3.63, 3.8) is 0 Å². The molecule has 0 spiro atoms. The van der Waals surface area contributed by atoms with E-state index in [9.17, 15) is 20.1 Å². The van der Waals surface area contributed by atoms with Crippen LogP contribution in [0.25, 0.3) is 0 Å². The predicted molar refractivity (Wildman–Crippen MR) is 77.7 cm³/mol. The van der Waals surface area contributed by atoms with Crippen molar-refractivity contribution in [1.82, 2.24) is 0 Å². The van der Waals surface area contributed by atoms with Crippen LogP contribution < -0.4 is 20.4 Å². The highest BCUT2D eigenvalue weighted by molar-refractivity contribution is 6.62. The summed E-state index contributed by atoms with van der Waals surface area (Å²) in [5.41, 5.74) is 0.267. The van der Waals surface area contributed by atoms with E-state index in [1.807, 2.05) is 13.8 Å².